The van der Waals surface area contributed by atoms with Gasteiger partial charge in [0, 0.05) is 5.56 Å². The predicted molar refractivity (Wildman–Crippen MR) is 78.2 cm³/mol. The molecule has 0 amide bonds. The van der Waals surface area contributed by atoms with Crippen molar-refractivity contribution in [2.75, 3.05) is 6.61 Å². The number of halogens is 3. The van der Waals surface area contributed by atoms with E-state index in [2.05, 4.69) is 0 Å². The van der Waals surface area contributed by atoms with E-state index >= 15 is 0 Å². The molecule has 0 spiro atoms. The van der Waals surface area contributed by atoms with Gasteiger partial charge in [-0.2, -0.15) is 13.2 Å². The van der Waals surface area contributed by atoms with Crippen LogP contribution in [0, 0.1) is 12.3 Å². The highest BCUT2D eigenvalue weighted by Gasteiger charge is 2.51. The highest BCUT2D eigenvalue weighted by Crippen LogP contribution is 2.46. The Bertz CT molecular complexity index is 622. The number of Topliss-reactive ketones (excluding diaryl/α,β-unsaturated/α-hetero) is 1. The zero-order valence-corrected chi connectivity index (χ0v) is 13.1. The van der Waals surface area contributed by atoms with E-state index in [1.807, 2.05) is 13.0 Å². The number of carbonyl (C=O) groups excluding carboxylic acids is 2. The van der Waals surface area contributed by atoms with E-state index in [-0.39, 0.29) is 18.6 Å². The zero-order chi connectivity index (χ0) is 17.3. The molecule has 2 rings (SSSR count). The highest BCUT2D eigenvalue weighted by molar-refractivity contribution is 6.04. The molecule has 0 heterocycles. The average Bonchev–Trinajstić information content (AvgIpc) is 2.41. The Morgan fingerprint density at radius 3 is 2.65 bits per heavy atom. The largest absolute Gasteiger partial charge is 0.466 e. The second-order valence-electron chi connectivity index (χ2n) is 6.04. The third-order valence-corrected chi connectivity index (χ3v) is 4.19. The summed E-state index contributed by atoms with van der Waals surface area (Å²) in [6, 6.07) is 5.07. The number of fused-ring (bicyclic) bond motifs is 1. The molecule has 1 unspecified atom stereocenters. The van der Waals surface area contributed by atoms with Gasteiger partial charge in [0.2, 0.25) is 0 Å². The normalized spacial score (nSPS) is 21.0. The minimum absolute atomic E-state index is 0.000606. The van der Waals surface area contributed by atoms with Gasteiger partial charge in [0.15, 0.2) is 5.78 Å². The molecule has 1 aliphatic carbocycles. The summed E-state index contributed by atoms with van der Waals surface area (Å²) < 4.78 is 43.9. The number of ketones is 1. The van der Waals surface area contributed by atoms with Gasteiger partial charge in [0.05, 0.1) is 24.9 Å². The monoisotopic (exact) mass is 328 g/mol. The number of carbonyl (C=O) groups is 2. The second-order valence-corrected chi connectivity index (χ2v) is 6.04. The van der Waals surface area contributed by atoms with Crippen LogP contribution in [-0.4, -0.2) is 24.5 Å². The maximum absolute atomic E-state index is 13.0. The fraction of sp³-hybridized carbons (Fsp3) is 0.529. The van der Waals surface area contributed by atoms with E-state index in [4.69, 9.17) is 4.74 Å². The lowest BCUT2D eigenvalue weighted by atomic mass is 9.66. The smallest absolute Gasteiger partial charge is 0.390 e. The van der Waals surface area contributed by atoms with Gasteiger partial charge < -0.3 is 4.74 Å². The third kappa shape index (κ3) is 3.92. The number of rotatable bonds is 4. The SMILES string of the molecule is CCOC(=O)CC1(CC(F)(F)F)CCc2cc(C)ccc2C1=O. The zero-order valence-electron chi connectivity index (χ0n) is 13.1. The number of alkyl halides is 3. The summed E-state index contributed by atoms with van der Waals surface area (Å²) >= 11 is 0. The van der Waals surface area contributed by atoms with Crippen molar-refractivity contribution < 1.29 is 27.5 Å². The second kappa shape index (κ2) is 6.34. The van der Waals surface area contributed by atoms with Crippen LogP contribution in [0.2, 0.25) is 0 Å². The van der Waals surface area contributed by atoms with Crippen LogP contribution in [0.25, 0.3) is 0 Å². The Hall–Kier alpha value is -1.85. The first-order valence-electron chi connectivity index (χ1n) is 7.53. The summed E-state index contributed by atoms with van der Waals surface area (Å²) in [4.78, 5) is 24.5. The molecule has 1 aromatic carbocycles. The van der Waals surface area contributed by atoms with Crippen LogP contribution in [0.3, 0.4) is 0 Å². The first-order chi connectivity index (χ1) is 10.7. The number of aryl methyl sites for hydroxylation is 2. The summed E-state index contributed by atoms with van der Waals surface area (Å²) in [5, 5.41) is 0. The van der Waals surface area contributed by atoms with Crippen LogP contribution in [0.15, 0.2) is 18.2 Å². The molecule has 0 aliphatic heterocycles. The van der Waals surface area contributed by atoms with E-state index in [0.717, 1.165) is 11.1 Å². The molecule has 0 fully saturated rings. The molecule has 6 heteroatoms. The topological polar surface area (TPSA) is 43.4 Å². The molecule has 0 bridgehead atoms. The first kappa shape index (κ1) is 17.5. The fourth-order valence-corrected chi connectivity index (χ4v) is 3.20. The van der Waals surface area contributed by atoms with Gasteiger partial charge in [-0.15, -0.1) is 0 Å². The van der Waals surface area contributed by atoms with Gasteiger partial charge >= 0.3 is 12.1 Å². The van der Waals surface area contributed by atoms with Crippen molar-refractivity contribution in [3.63, 3.8) is 0 Å². The number of esters is 1. The lowest BCUT2D eigenvalue weighted by Crippen LogP contribution is -2.42. The molecule has 0 aromatic heterocycles. The lowest BCUT2D eigenvalue weighted by molar-refractivity contribution is -0.162. The fourth-order valence-electron chi connectivity index (χ4n) is 3.20. The van der Waals surface area contributed by atoms with Crippen molar-refractivity contribution >= 4 is 11.8 Å². The first-order valence-corrected chi connectivity index (χ1v) is 7.53. The Morgan fingerprint density at radius 2 is 2.04 bits per heavy atom. The molecular formula is C17H19F3O3. The van der Waals surface area contributed by atoms with Crippen molar-refractivity contribution in [1.29, 1.82) is 0 Å². The van der Waals surface area contributed by atoms with Crippen LogP contribution in [0.4, 0.5) is 13.2 Å². The molecule has 3 nitrogen and oxygen atoms in total. The predicted octanol–water partition coefficient (Wildman–Crippen LogP) is 4.02. The number of hydrogen-bond acceptors (Lipinski definition) is 3. The average molecular weight is 328 g/mol. The number of benzene rings is 1. The van der Waals surface area contributed by atoms with Crippen molar-refractivity contribution in [2.24, 2.45) is 5.41 Å². The Balaban J connectivity index is 2.40. The molecule has 0 saturated carbocycles. The van der Waals surface area contributed by atoms with Gasteiger partial charge in [-0.1, -0.05) is 23.8 Å². The molecule has 1 atom stereocenters. The van der Waals surface area contributed by atoms with Gasteiger partial charge in [-0.3, -0.25) is 9.59 Å². The van der Waals surface area contributed by atoms with Gasteiger partial charge in [0.25, 0.3) is 0 Å². The molecule has 0 radical (unpaired) electrons. The van der Waals surface area contributed by atoms with Crippen LogP contribution >= 0.6 is 0 Å². The maximum Gasteiger partial charge on any atom is 0.390 e. The van der Waals surface area contributed by atoms with Gasteiger partial charge in [-0.25, -0.2) is 0 Å². The maximum atomic E-state index is 13.0. The van der Waals surface area contributed by atoms with Crippen molar-refractivity contribution in [3.8, 4) is 0 Å². The summed E-state index contributed by atoms with van der Waals surface area (Å²) in [5.41, 5.74) is 0.226. The van der Waals surface area contributed by atoms with Crippen molar-refractivity contribution in [2.45, 2.75) is 45.7 Å². The molecule has 23 heavy (non-hydrogen) atoms. The number of hydrogen-bond donors (Lipinski definition) is 0. The minimum atomic E-state index is -4.52. The van der Waals surface area contributed by atoms with E-state index in [1.165, 1.54) is 0 Å². The summed E-state index contributed by atoms with van der Waals surface area (Å²) in [6.07, 6.45) is -6.01. The lowest BCUT2D eigenvalue weighted by Gasteiger charge is -2.36. The van der Waals surface area contributed by atoms with E-state index in [1.54, 1.807) is 19.1 Å². The molecule has 0 saturated heterocycles. The van der Waals surface area contributed by atoms with Crippen molar-refractivity contribution in [1.82, 2.24) is 0 Å². The number of ether oxygens (including phenoxy) is 1. The molecular weight excluding hydrogens is 309 g/mol. The summed E-state index contributed by atoms with van der Waals surface area (Å²) in [7, 11) is 0. The molecule has 1 aromatic rings. The van der Waals surface area contributed by atoms with Crippen molar-refractivity contribution in [3.05, 3.63) is 34.9 Å². The highest BCUT2D eigenvalue weighted by atomic mass is 19.4. The van der Waals surface area contributed by atoms with E-state index in [0.29, 0.717) is 6.42 Å². The summed E-state index contributed by atoms with van der Waals surface area (Å²) in [5.74, 6) is -1.37. The van der Waals surface area contributed by atoms with Gasteiger partial charge in [0.1, 0.15) is 0 Å². The molecule has 126 valence electrons. The van der Waals surface area contributed by atoms with Crippen LogP contribution in [-0.2, 0) is 16.0 Å². The quantitative estimate of drug-likeness (QED) is 0.784. The van der Waals surface area contributed by atoms with Crippen LogP contribution < -0.4 is 0 Å². The van der Waals surface area contributed by atoms with Crippen LogP contribution in [0.5, 0.6) is 0 Å². The van der Waals surface area contributed by atoms with Gasteiger partial charge in [-0.05, 0) is 32.3 Å². The van der Waals surface area contributed by atoms with E-state index < -0.39 is 36.2 Å². The minimum Gasteiger partial charge on any atom is -0.466 e. The third-order valence-electron chi connectivity index (χ3n) is 4.19. The Morgan fingerprint density at radius 1 is 1.35 bits per heavy atom. The van der Waals surface area contributed by atoms with E-state index in [9.17, 15) is 22.8 Å². The summed E-state index contributed by atoms with van der Waals surface area (Å²) in [6.45, 7) is 3.51. The standard InChI is InChI=1S/C17H19F3O3/c1-3-23-14(21)9-16(10-17(18,19)20)7-6-12-8-11(2)4-5-13(12)15(16)22/h4-5,8H,3,6-7,9-10H2,1-2H3. The molecule has 1 aliphatic rings. The van der Waals surface area contributed by atoms with Crippen LogP contribution in [0.1, 0.15) is 47.7 Å². The Kier molecular flexibility index (Phi) is 4.82. The Labute approximate surface area is 132 Å². The molecule has 0 N–H and O–H groups in total.